The number of hydrogen-bond acceptors (Lipinski definition) is 2. The van der Waals surface area contributed by atoms with Crippen LogP contribution in [0.15, 0.2) is 59.5 Å². The van der Waals surface area contributed by atoms with Crippen LogP contribution in [-0.2, 0) is 6.54 Å². The lowest BCUT2D eigenvalue weighted by molar-refractivity contribution is 0.194. The summed E-state index contributed by atoms with van der Waals surface area (Å²) < 4.78 is 1.83. The first-order chi connectivity index (χ1) is 11.1. The van der Waals surface area contributed by atoms with Gasteiger partial charge in [0.15, 0.2) is 5.43 Å². The fourth-order valence-electron chi connectivity index (χ4n) is 2.45. The highest BCUT2D eigenvalue weighted by Gasteiger charge is 2.11. The lowest BCUT2D eigenvalue weighted by atomic mass is 10.1. The van der Waals surface area contributed by atoms with E-state index in [1.807, 2.05) is 34.9 Å². The van der Waals surface area contributed by atoms with Crippen molar-refractivity contribution >= 4 is 28.6 Å². The molecule has 2 aromatic carbocycles. The smallest absolute Gasteiger partial charge is 0.404 e. The van der Waals surface area contributed by atoms with Crippen LogP contribution in [-0.4, -0.2) is 15.8 Å². The third-order valence-corrected chi connectivity index (χ3v) is 3.74. The molecule has 0 bridgehead atoms. The number of nitrogens with zero attached hydrogens (tertiary/aromatic N) is 1. The molecule has 0 atom stereocenters. The van der Waals surface area contributed by atoms with Gasteiger partial charge in [0.25, 0.3) is 0 Å². The van der Waals surface area contributed by atoms with Gasteiger partial charge in [0.1, 0.15) is 0 Å². The SMILES string of the molecule is O=C(O)NCc1cn(-c2ccccc2)c2cc(Cl)ccc2c1=O. The van der Waals surface area contributed by atoms with Gasteiger partial charge < -0.3 is 15.0 Å². The molecule has 116 valence electrons. The molecule has 3 rings (SSSR count). The summed E-state index contributed by atoms with van der Waals surface area (Å²) >= 11 is 6.07. The molecule has 0 radical (unpaired) electrons. The Morgan fingerprint density at radius 1 is 1.17 bits per heavy atom. The van der Waals surface area contributed by atoms with Gasteiger partial charge in [0.05, 0.1) is 12.1 Å². The van der Waals surface area contributed by atoms with Crippen LogP contribution in [0.3, 0.4) is 0 Å². The lowest BCUT2D eigenvalue weighted by Crippen LogP contribution is -2.25. The zero-order valence-corrected chi connectivity index (χ0v) is 12.7. The molecule has 0 aliphatic rings. The van der Waals surface area contributed by atoms with E-state index >= 15 is 0 Å². The molecule has 0 aliphatic heterocycles. The third kappa shape index (κ3) is 3.05. The van der Waals surface area contributed by atoms with Gasteiger partial charge in [-0.3, -0.25) is 4.79 Å². The molecule has 0 fully saturated rings. The van der Waals surface area contributed by atoms with Crippen LogP contribution in [0.1, 0.15) is 5.56 Å². The molecule has 0 aliphatic carbocycles. The number of pyridine rings is 1. The Bertz CT molecular complexity index is 936. The van der Waals surface area contributed by atoms with Crippen LogP contribution in [0.25, 0.3) is 16.6 Å². The van der Waals surface area contributed by atoms with E-state index in [0.29, 0.717) is 21.5 Å². The number of benzene rings is 2. The van der Waals surface area contributed by atoms with Crippen molar-refractivity contribution in [1.29, 1.82) is 0 Å². The second-order valence-electron chi connectivity index (χ2n) is 5.01. The first kappa shape index (κ1) is 15.1. The quantitative estimate of drug-likeness (QED) is 0.774. The van der Waals surface area contributed by atoms with E-state index in [-0.39, 0.29) is 12.0 Å². The molecule has 0 unspecified atom stereocenters. The maximum absolute atomic E-state index is 12.5. The standard InChI is InChI=1S/C17H13ClN2O3/c18-12-6-7-14-15(8-12)20(13-4-2-1-3-5-13)10-11(16(14)21)9-19-17(22)23/h1-8,10,19H,9H2,(H,22,23). The highest BCUT2D eigenvalue weighted by atomic mass is 35.5. The maximum atomic E-state index is 12.5. The molecule has 5 nitrogen and oxygen atoms in total. The number of hydrogen-bond donors (Lipinski definition) is 2. The molecule has 1 heterocycles. The largest absolute Gasteiger partial charge is 0.465 e. The normalized spacial score (nSPS) is 10.7. The molecule has 1 amide bonds. The molecule has 6 heteroatoms. The van der Waals surface area contributed by atoms with Gasteiger partial charge in [-0.25, -0.2) is 4.79 Å². The maximum Gasteiger partial charge on any atom is 0.404 e. The van der Waals surface area contributed by atoms with Crippen molar-refractivity contribution in [3.8, 4) is 5.69 Å². The van der Waals surface area contributed by atoms with E-state index in [1.54, 1.807) is 24.4 Å². The molecule has 0 saturated heterocycles. The topological polar surface area (TPSA) is 71.3 Å². The summed E-state index contributed by atoms with van der Waals surface area (Å²) in [5.41, 5.74) is 1.69. The average molecular weight is 329 g/mol. The number of aromatic nitrogens is 1. The summed E-state index contributed by atoms with van der Waals surface area (Å²) in [5.74, 6) is 0. The fourth-order valence-corrected chi connectivity index (χ4v) is 2.62. The Morgan fingerprint density at radius 3 is 2.61 bits per heavy atom. The number of nitrogens with one attached hydrogen (secondary N) is 1. The summed E-state index contributed by atoms with van der Waals surface area (Å²) in [6, 6.07) is 14.5. The van der Waals surface area contributed by atoms with Crippen LogP contribution in [0, 0.1) is 0 Å². The molecule has 0 spiro atoms. The number of rotatable bonds is 3. The van der Waals surface area contributed by atoms with E-state index in [4.69, 9.17) is 16.7 Å². The predicted molar refractivity (Wildman–Crippen MR) is 89.4 cm³/mol. The van der Waals surface area contributed by atoms with Gasteiger partial charge in [0, 0.05) is 27.9 Å². The van der Waals surface area contributed by atoms with Crippen molar-refractivity contribution < 1.29 is 9.90 Å². The van der Waals surface area contributed by atoms with E-state index in [2.05, 4.69) is 5.32 Å². The third-order valence-electron chi connectivity index (χ3n) is 3.50. The zero-order valence-electron chi connectivity index (χ0n) is 12.0. The molecule has 2 N–H and O–H groups in total. The molecule has 0 saturated carbocycles. The van der Waals surface area contributed by atoms with Crippen molar-refractivity contribution in [2.75, 3.05) is 0 Å². The van der Waals surface area contributed by atoms with Gasteiger partial charge in [-0.15, -0.1) is 0 Å². The molecule has 3 aromatic rings. The van der Waals surface area contributed by atoms with Crippen molar-refractivity contribution in [2.45, 2.75) is 6.54 Å². The fraction of sp³-hybridized carbons (Fsp3) is 0.0588. The Kier molecular flexibility index (Phi) is 4.04. The van der Waals surface area contributed by atoms with E-state index < -0.39 is 6.09 Å². The van der Waals surface area contributed by atoms with E-state index in [9.17, 15) is 9.59 Å². The monoisotopic (exact) mass is 328 g/mol. The number of halogens is 1. The Balaban J connectivity index is 2.27. The first-order valence-corrected chi connectivity index (χ1v) is 7.30. The van der Waals surface area contributed by atoms with Gasteiger partial charge >= 0.3 is 6.09 Å². The Hall–Kier alpha value is -2.79. The molecular formula is C17H13ClN2O3. The number of carbonyl (C=O) groups is 1. The van der Waals surface area contributed by atoms with Gasteiger partial charge in [-0.1, -0.05) is 29.8 Å². The highest BCUT2D eigenvalue weighted by molar-refractivity contribution is 6.31. The van der Waals surface area contributed by atoms with Crippen molar-refractivity contribution in [1.82, 2.24) is 9.88 Å². The summed E-state index contributed by atoms with van der Waals surface area (Å²) in [4.78, 5) is 23.3. The number of fused-ring (bicyclic) bond motifs is 1. The van der Waals surface area contributed by atoms with Crippen molar-refractivity contribution in [2.24, 2.45) is 0 Å². The minimum Gasteiger partial charge on any atom is -0.465 e. The lowest BCUT2D eigenvalue weighted by Gasteiger charge is -2.14. The van der Waals surface area contributed by atoms with Crippen LogP contribution in [0.2, 0.25) is 5.02 Å². The Labute approximate surface area is 136 Å². The van der Waals surface area contributed by atoms with Crippen LogP contribution in [0.5, 0.6) is 0 Å². The van der Waals surface area contributed by atoms with Crippen LogP contribution < -0.4 is 10.7 Å². The van der Waals surface area contributed by atoms with Crippen LogP contribution in [0.4, 0.5) is 4.79 Å². The van der Waals surface area contributed by atoms with Gasteiger partial charge in [-0.05, 0) is 30.3 Å². The van der Waals surface area contributed by atoms with Crippen molar-refractivity contribution in [3.63, 3.8) is 0 Å². The predicted octanol–water partition coefficient (Wildman–Crippen LogP) is 3.41. The van der Waals surface area contributed by atoms with E-state index in [0.717, 1.165) is 5.69 Å². The second kappa shape index (κ2) is 6.14. The average Bonchev–Trinajstić information content (AvgIpc) is 2.55. The number of amides is 1. The minimum atomic E-state index is -1.17. The van der Waals surface area contributed by atoms with Crippen LogP contribution >= 0.6 is 11.6 Å². The first-order valence-electron chi connectivity index (χ1n) is 6.92. The van der Waals surface area contributed by atoms with Gasteiger partial charge in [0.2, 0.25) is 0 Å². The number of para-hydroxylation sites is 1. The zero-order chi connectivity index (χ0) is 16.4. The summed E-state index contributed by atoms with van der Waals surface area (Å²) in [5, 5.41) is 12.0. The molecule has 23 heavy (non-hydrogen) atoms. The minimum absolute atomic E-state index is 0.0560. The summed E-state index contributed by atoms with van der Waals surface area (Å²) in [6.07, 6.45) is 0.471. The Morgan fingerprint density at radius 2 is 1.91 bits per heavy atom. The molecule has 1 aromatic heterocycles. The second-order valence-corrected chi connectivity index (χ2v) is 5.45. The number of carboxylic acid groups (broad SMARTS) is 1. The van der Waals surface area contributed by atoms with E-state index in [1.165, 1.54) is 0 Å². The highest BCUT2D eigenvalue weighted by Crippen LogP contribution is 2.21. The molecular weight excluding hydrogens is 316 g/mol. The van der Waals surface area contributed by atoms with Crippen molar-refractivity contribution in [3.05, 3.63) is 75.5 Å². The summed E-state index contributed by atoms with van der Waals surface area (Å²) in [6.45, 7) is -0.0560. The van der Waals surface area contributed by atoms with Gasteiger partial charge in [-0.2, -0.15) is 0 Å². The summed E-state index contributed by atoms with van der Waals surface area (Å²) in [7, 11) is 0.